The van der Waals surface area contributed by atoms with Crippen molar-refractivity contribution in [1.82, 2.24) is 5.01 Å². The highest BCUT2D eigenvalue weighted by molar-refractivity contribution is 4.50. The van der Waals surface area contributed by atoms with Crippen molar-refractivity contribution in [3.8, 4) is 0 Å². The van der Waals surface area contributed by atoms with Gasteiger partial charge in [-0.05, 0) is 0 Å². The maximum Gasteiger partial charge on any atom is 0.862 e. The van der Waals surface area contributed by atoms with Crippen molar-refractivity contribution in [3.63, 3.8) is 0 Å². The first-order chi connectivity index (χ1) is 9.42. The first kappa shape index (κ1) is 17.2. The predicted molar refractivity (Wildman–Crippen MR) is 50.3 cm³/mol. The Kier molecular flexibility index (Phi) is 4.47. The monoisotopic (exact) mass is 315 g/mol. The molecular weight excluding hydrogens is 314 g/mol. The number of hydrogen-bond donors (Lipinski definition) is 0. The molecule has 0 unspecified atom stereocenters. The molecule has 0 N–H and O–H groups in total. The van der Waals surface area contributed by atoms with E-state index in [1.807, 2.05) is 0 Å². The molecule has 19 heteroatoms. The van der Waals surface area contributed by atoms with Crippen LogP contribution in [0.4, 0.5) is 0 Å². The summed E-state index contributed by atoms with van der Waals surface area (Å²) in [7, 11) is 0. The first-order valence-corrected chi connectivity index (χ1v) is 4.06. The van der Waals surface area contributed by atoms with Gasteiger partial charge in [-0.25, -0.2) is 10.1 Å². The summed E-state index contributed by atoms with van der Waals surface area (Å²) in [5.74, 6) is -5.16. The molecule has 0 aliphatic carbocycles. The molecule has 0 aromatic carbocycles. The van der Waals surface area contributed by atoms with Crippen molar-refractivity contribution in [3.05, 3.63) is 60.7 Å². The van der Waals surface area contributed by atoms with Crippen molar-refractivity contribution in [1.29, 1.82) is 0 Å². The van der Waals surface area contributed by atoms with E-state index in [4.69, 9.17) is 0 Å². The number of hydrogen-bond acceptors (Lipinski definition) is 12. The lowest BCUT2D eigenvalue weighted by atomic mass is 10.6. The molecule has 0 aromatic heterocycles. The van der Waals surface area contributed by atoms with Crippen molar-refractivity contribution < 1.29 is 29.6 Å². The smallest absolute Gasteiger partial charge is 0.257 e. The zero-order chi connectivity index (χ0) is 17.1. The molecule has 0 radical (unpaired) electrons. The van der Waals surface area contributed by atoms with Gasteiger partial charge in [-0.1, -0.05) is 0 Å². The van der Waals surface area contributed by atoms with Crippen LogP contribution in [0.3, 0.4) is 0 Å². The summed E-state index contributed by atoms with van der Waals surface area (Å²) >= 11 is 0. The zero-order valence-corrected chi connectivity index (χ0v) is 9.11. The van der Waals surface area contributed by atoms with Crippen LogP contribution in [-0.4, -0.2) is 46.9 Å². The van der Waals surface area contributed by atoms with Gasteiger partial charge in [0, 0.05) is 0 Å². The second-order valence-corrected chi connectivity index (χ2v) is 2.87. The Morgan fingerprint density at radius 2 is 0.952 bits per heavy atom. The lowest BCUT2D eigenvalue weighted by Gasteiger charge is -2.13. The van der Waals surface area contributed by atoms with Crippen LogP contribution in [-0.2, 0) is 0 Å². The quantitative estimate of drug-likeness (QED) is 0.260. The molecule has 0 atom stereocenters. The molecule has 0 aliphatic heterocycles. The second-order valence-electron chi connectivity index (χ2n) is 2.87. The van der Waals surface area contributed by atoms with E-state index in [9.17, 15) is 60.7 Å². The van der Waals surface area contributed by atoms with E-state index in [-0.39, 0.29) is 0 Å². The fraction of sp³-hybridized carbons (Fsp3) is 1.00. The third-order valence-electron chi connectivity index (χ3n) is 1.81. The lowest BCUT2D eigenvalue weighted by Crippen LogP contribution is -2.71. The van der Waals surface area contributed by atoms with E-state index >= 15 is 0 Å². The number of rotatable bonds is 8. The first-order valence-electron chi connectivity index (χ1n) is 4.06. The van der Waals surface area contributed by atoms with Crippen LogP contribution in [0.5, 0.6) is 0 Å². The molecule has 21 heavy (non-hydrogen) atoms. The Morgan fingerprint density at radius 3 is 1.10 bits per heavy atom. The predicted octanol–water partition coefficient (Wildman–Crippen LogP) is -2.24. The average Bonchev–Trinajstić information content (AvgIpc) is 2.25. The zero-order valence-electron chi connectivity index (χ0n) is 9.11. The minimum absolute atomic E-state index is 1.88. The molecule has 19 nitrogen and oxygen atoms in total. The van der Waals surface area contributed by atoms with Gasteiger partial charge in [0.15, 0.2) is 5.03 Å². The minimum atomic E-state index is -5.16. The summed E-state index contributed by atoms with van der Waals surface area (Å²) in [5.41, 5.74) is 0. The molecule has 0 saturated heterocycles. The Hall–Kier alpha value is -3.80. The van der Waals surface area contributed by atoms with Crippen LogP contribution in [0.1, 0.15) is 0 Å². The molecule has 0 fully saturated rings. The van der Waals surface area contributed by atoms with Gasteiger partial charge in [0.2, 0.25) is 19.8 Å². The van der Waals surface area contributed by atoms with Crippen LogP contribution >= 0.6 is 0 Å². The topological polar surface area (TPSA) is 262 Å². The summed E-state index contributed by atoms with van der Waals surface area (Å²) in [6, 6.07) is 0. The molecule has 116 valence electrons. The highest BCUT2D eigenvalue weighted by Crippen LogP contribution is 2.22. The fourth-order valence-electron chi connectivity index (χ4n) is 1.06. The summed E-state index contributed by atoms with van der Waals surface area (Å²) < 4.78 is 0. The highest BCUT2D eigenvalue weighted by atomic mass is 16.8. The van der Waals surface area contributed by atoms with E-state index < -0.39 is 46.9 Å². The SMILES string of the molecule is O=[N+]([O-])C(N([N+](=O)[O-])C([N+](=O)[O-])([N+](=O)[O-])[N+](=O)[O-])[N+](=O)[O-]. The Labute approximate surface area is 109 Å². The third kappa shape index (κ3) is 2.49. The van der Waals surface area contributed by atoms with Gasteiger partial charge in [-0.3, -0.25) is 50.6 Å². The molecule has 0 bridgehead atoms. The van der Waals surface area contributed by atoms with Crippen molar-refractivity contribution >= 4 is 0 Å². The standard InChI is InChI=1S/C2HN7O12/c10-4(11)1(5(12)13)3(9(20)21)2(6(14)15,7(16)17)8(18)19/h1H. The Morgan fingerprint density at radius 1 is 0.667 bits per heavy atom. The molecule has 0 saturated carbocycles. The molecular formula is C2HN7O12. The molecule has 0 aromatic rings. The molecule has 0 heterocycles. The van der Waals surface area contributed by atoms with E-state index in [1.54, 1.807) is 0 Å². The van der Waals surface area contributed by atoms with E-state index in [0.29, 0.717) is 0 Å². The molecule has 0 aliphatic rings. The maximum atomic E-state index is 10.5. The molecule has 0 amide bonds. The molecule has 0 rings (SSSR count). The van der Waals surface area contributed by atoms with Gasteiger partial charge in [-0.15, -0.1) is 0 Å². The third-order valence-corrected chi connectivity index (χ3v) is 1.81. The lowest BCUT2D eigenvalue weighted by molar-refractivity contribution is -1.06. The Bertz CT molecular complexity index is 488. The number of hydrazine groups is 1. The summed E-state index contributed by atoms with van der Waals surface area (Å²) in [6.45, 7) is 0. The summed E-state index contributed by atoms with van der Waals surface area (Å²) in [4.78, 5) is 51.1. The van der Waals surface area contributed by atoms with Gasteiger partial charge < -0.3 is 0 Å². The fourth-order valence-corrected chi connectivity index (χ4v) is 1.06. The summed E-state index contributed by atoms with van der Waals surface area (Å²) in [5, 5.41) is 58.6. The maximum absolute atomic E-state index is 10.5. The van der Waals surface area contributed by atoms with Crippen molar-refractivity contribution in [2.24, 2.45) is 0 Å². The van der Waals surface area contributed by atoms with E-state index in [2.05, 4.69) is 0 Å². The summed E-state index contributed by atoms with van der Waals surface area (Å²) in [6.07, 6.45) is -3.94. The van der Waals surface area contributed by atoms with Crippen LogP contribution in [0.25, 0.3) is 0 Å². The normalized spacial score (nSPS) is 10.7. The van der Waals surface area contributed by atoms with Gasteiger partial charge in [0.1, 0.15) is 9.85 Å². The van der Waals surface area contributed by atoms with Gasteiger partial charge in [0.05, 0.1) is 0 Å². The molecule has 0 spiro atoms. The number of nitrogens with zero attached hydrogens (tertiary/aromatic N) is 7. The van der Waals surface area contributed by atoms with E-state index in [1.165, 1.54) is 0 Å². The van der Waals surface area contributed by atoms with E-state index in [0.717, 1.165) is 0 Å². The van der Waals surface area contributed by atoms with Gasteiger partial charge >= 0.3 is 12.2 Å². The van der Waals surface area contributed by atoms with Crippen LogP contribution < -0.4 is 0 Å². The van der Waals surface area contributed by atoms with Crippen LogP contribution in [0, 0.1) is 60.7 Å². The Balaban J connectivity index is 6.62. The largest absolute Gasteiger partial charge is 0.862 e. The van der Waals surface area contributed by atoms with Crippen molar-refractivity contribution in [2.45, 2.75) is 12.2 Å². The van der Waals surface area contributed by atoms with Crippen molar-refractivity contribution in [2.75, 3.05) is 0 Å². The van der Waals surface area contributed by atoms with Crippen LogP contribution in [0.15, 0.2) is 0 Å². The van der Waals surface area contributed by atoms with Gasteiger partial charge in [0.25, 0.3) is 0 Å². The minimum Gasteiger partial charge on any atom is -0.257 e. The van der Waals surface area contributed by atoms with Crippen LogP contribution in [0.2, 0.25) is 0 Å². The second kappa shape index (κ2) is 5.45. The average molecular weight is 315 g/mol. The number of nitro groups is 6. The van der Waals surface area contributed by atoms with Gasteiger partial charge in [-0.2, -0.15) is 0 Å². The highest BCUT2D eigenvalue weighted by Gasteiger charge is 2.90.